The van der Waals surface area contributed by atoms with E-state index in [9.17, 15) is 0 Å². The van der Waals surface area contributed by atoms with E-state index in [-0.39, 0.29) is 0 Å². The standard InChI is InChI=1S/C38H24N4O/c1-4-10-25(11-5-1)26-16-18-28(19-17-26)36-40-35(27-12-6-2-7-13-27)41-37(42-36)31-20-22-32-30(24-31)21-23-33-34(32)43-38(39-33)29-14-8-3-9-15-29/h1-24H. The Morgan fingerprint density at radius 2 is 0.860 bits per heavy atom. The second-order valence-electron chi connectivity index (χ2n) is 10.4. The quantitative estimate of drug-likeness (QED) is 0.213. The fourth-order valence-electron chi connectivity index (χ4n) is 5.35. The average molecular weight is 553 g/mol. The molecule has 2 aromatic heterocycles. The third-order valence-corrected chi connectivity index (χ3v) is 7.57. The number of hydrogen-bond acceptors (Lipinski definition) is 5. The molecule has 0 unspecified atom stereocenters. The molecule has 0 bridgehead atoms. The van der Waals surface area contributed by atoms with Gasteiger partial charge in [-0.1, -0.05) is 115 Å². The maximum absolute atomic E-state index is 6.26. The van der Waals surface area contributed by atoms with Crippen molar-refractivity contribution < 1.29 is 4.42 Å². The fourth-order valence-corrected chi connectivity index (χ4v) is 5.35. The van der Waals surface area contributed by atoms with E-state index in [1.807, 2.05) is 91.0 Å². The molecule has 0 atom stereocenters. The zero-order valence-electron chi connectivity index (χ0n) is 23.1. The maximum atomic E-state index is 6.26. The monoisotopic (exact) mass is 552 g/mol. The van der Waals surface area contributed by atoms with E-state index in [4.69, 9.17) is 24.4 Å². The van der Waals surface area contributed by atoms with Gasteiger partial charge in [0.05, 0.1) is 0 Å². The second kappa shape index (κ2) is 10.5. The minimum absolute atomic E-state index is 0.611. The molecule has 0 spiro atoms. The van der Waals surface area contributed by atoms with Crippen LogP contribution in [-0.4, -0.2) is 19.9 Å². The third-order valence-electron chi connectivity index (χ3n) is 7.57. The van der Waals surface area contributed by atoms with Gasteiger partial charge in [0.25, 0.3) is 0 Å². The van der Waals surface area contributed by atoms with Crippen LogP contribution < -0.4 is 0 Å². The first-order chi connectivity index (χ1) is 21.3. The van der Waals surface area contributed by atoms with Crippen LogP contribution in [0.5, 0.6) is 0 Å². The van der Waals surface area contributed by atoms with Gasteiger partial charge in [0.1, 0.15) is 5.52 Å². The van der Waals surface area contributed by atoms with E-state index in [2.05, 4.69) is 54.6 Å². The predicted octanol–water partition coefficient (Wildman–Crippen LogP) is 9.50. The Morgan fingerprint density at radius 3 is 1.51 bits per heavy atom. The summed E-state index contributed by atoms with van der Waals surface area (Å²) in [5, 5.41) is 2.01. The van der Waals surface area contributed by atoms with Gasteiger partial charge >= 0.3 is 0 Å². The van der Waals surface area contributed by atoms with Crippen molar-refractivity contribution >= 4 is 21.9 Å². The zero-order valence-corrected chi connectivity index (χ0v) is 23.1. The van der Waals surface area contributed by atoms with Gasteiger partial charge in [-0.2, -0.15) is 0 Å². The van der Waals surface area contributed by atoms with Gasteiger partial charge in [-0.15, -0.1) is 0 Å². The van der Waals surface area contributed by atoms with Crippen molar-refractivity contribution in [2.24, 2.45) is 0 Å². The van der Waals surface area contributed by atoms with Gasteiger partial charge in [0.15, 0.2) is 23.1 Å². The number of rotatable bonds is 5. The van der Waals surface area contributed by atoms with Gasteiger partial charge in [-0.3, -0.25) is 0 Å². The molecule has 5 heteroatoms. The highest BCUT2D eigenvalue weighted by Gasteiger charge is 2.15. The van der Waals surface area contributed by atoms with Crippen LogP contribution in [0.15, 0.2) is 150 Å². The first-order valence-electron chi connectivity index (χ1n) is 14.1. The SMILES string of the molecule is c1ccc(-c2ccc(-c3nc(-c4ccccc4)nc(-c4ccc5c(ccc6nc(-c7ccccc7)oc65)c4)n3)cc2)cc1. The number of benzene rings is 6. The Hall–Kier alpha value is -5.94. The molecular weight excluding hydrogens is 528 g/mol. The van der Waals surface area contributed by atoms with Crippen LogP contribution in [0.1, 0.15) is 0 Å². The molecule has 0 fully saturated rings. The lowest BCUT2D eigenvalue weighted by Crippen LogP contribution is -2.00. The Labute approximate surface area is 248 Å². The van der Waals surface area contributed by atoms with Gasteiger partial charge in [0.2, 0.25) is 5.89 Å². The van der Waals surface area contributed by atoms with Crippen molar-refractivity contribution in [3.63, 3.8) is 0 Å². The molecule has 0 radical (unpaired) electrons. The van der Waals surface area contributed by atoms with Crippen molar-refractivity contribution in [1.82, 2.24) is 19.9 Å². The van der Waals surface area contributed by atoms with Crippen LogP contribution in [0, 0.1) is 0 Å². The van der Waals surface area contributed by atoms with Crippen molar-refractivity contribution in [3.05, 3.63) is 146 Å². The minimum atomic E-state index is 0.611. The second-order valence-corrected chi connectivity index (χ2v) is 10.4. The van der Waals surface area contributed by atoms with Gasteiger partial charge in [-0.05, 0) is 46.8 Å². The molecule has 6 aromatic carbocycles. The summed E-state index contributed by atoms with van der Waals surface area (Å²) in [6.45, 7) is 0. The summed E-state index contributed by atoms with van der Waals surface area (Å²) in [5.41, 5.74) is 7.62. The molecule has 0 amide bonds. The lowest BCUT2D eigenvalue weighted by Gasteiger charge is -2.10. The predicted molar refractivity (Wildman–Crippen MR) is 172 cm³/mol. The van der Waals surface area contributed by atoms with E-state index in [0.717, 1.165) is 49.7 Å². The number of fused-ring (bicyclic) bond motifs is 3. The van der Waals surface area contributed by atoms with Crippen LogP contribution >= 0.6 is 0 Å². The topological polar surface area (TPSA) is 64.7 Å². The fraction of sp³-hybridized carbons (Fsp3) is 0. The molecule has 0 aliphatic rings. The molecule has 0 aliphatic carbocycles. The van der Waals surface area contributed by atoms with E-state index in [0.29, 0.717) is 23.4 Å². The Balaban J connectivity index is 1.23. The van der Waals surface area contributed by atoms with E-state index >= 15 is 0 Å². The van der Waals surface area contributed by atoms with E-state index in [1.165, 1.54) is 5.56 Å². The molecule has 8 aromatic rings. The lowest BCUT2D eigenvalue weighted by atomic mass is 10.0. The normalized spacial score (nSPS) is 11.3. The Bertz CT molecular complexity index is 2210. The van der Waals surface area contributed by atoms with Crippen LogP contribution in [0.4, 0.5) is 0 Å². The molecule has 5 nitrogen and oxygen atoms in total. The third kappa shape index (κ3) is 4.73. The summed E-state index contributed by atoms with van der Waals surface area (Å²) in [6.07, 6.45) is 0. The van der Waals surface area contributed by atoms with Gasteiger partial charge in [-0.25, -0.2) is 19.9 Å². The van der Waals surface area contributed by atoms with Crippen LogP contribution in [0.2, 0.25) is 0 Å². The van der Waals surface area contributed by atoms with Crippen molar-refractivity contribution in [2.45, 2.75) is 0 Å². The number of aromatic nitrogens is 4. The molecule has 8 rings (SSSR count). The number of nitrogens with zero attached hydrogens (tertiary/aromatic N) is 4. The summed E-state index contributed by atoms with van der Waals surface area (Å²) >= 11 is 0. The smallest absolute Gasteiger partial charge is 0.227 e. The Kier molecular flexibility index (Phi) is 6.05. The zero-order chi connectivity index (χ0) is 28.6. The largest absolute Gasteiger partial charge is 0.435 e. The van der Waals surface area contributed by atoms with E-state index in [1.54, 1.807) is 0 Å². The molecule has 0 saturated carbocycles. The summed E-state index contributed by atoms with van der Waals surface area (Å²) in [7, 11) is 0. The van der Waals surface area contributed by atoms with Gasteiger partial charge < -0.3 is 4.42 Å². The Morgan fingerprint density at radius 1 is 0.372 bits per heavy atom. The van der Waals surface area contributed by atoms with E-state index < -0.39 is 0 Å². The highest BCUT2D eigenvalue weighted by molar-refractivity contribution is 6.04. The maximum Gasteiger partial charge on any atom is 0.227 e. The molecule has 0 N–H and O–H groups in total. The first kappa shape index (κ1) is 24.8. The number of oxazole rings is 1. The molecule has 0 saturated heterocycles. The molecule has 202 valence electrons. The molecule has 2 heterocycles. The molecule has 0 aliphatic heterocycles. The number of hydrogen-bond donors (Lipinski definition) is 0. The highest BCUT2D eigenvalue weighted by atomic mass is 16.3. The van der Waals surface area contributed by atoms with Gasteiger partial charge in [0, 0.05) is 27.6 Å². The first-order valence-corrected chi connectivity index (χ1v) is 14.1. The van der Waals surface area contributed by atoms with Crippen LogP contribution in [-0.2, 0) is 0 Å². The van der Waals surface area contributed by atoms with Crippen LogP contribution in [0.25, 0.3) is 78.6 Å². The lowest BCUT2D eigenvalue weighted by molar-refractivity contribution is 0.623. The van der Waals surface area contributed by atoms with Crippen molar-refractivity contribution in [3.8, 4) is 56.7 Å². The van der Waals surface area contributed by atoms with Crippen molar-refractivity contribution in [1.29, 1.82) is 0 Å². The highest BCUT2D eigenvalue weighted by Crippen LogP contribution is 2.33. The molecular formula is C38H24N4O. The summed E-state index contributed by atoms with van der Waals surface area (Å²) in [4.78, 5) is 19.5. The summed E-state index contributed by atoms with van der Waals surface area (Å²) in [6, 6.07) is 49.0. The molecule has 43 heavy (non-hydrogen) atoms. The summed E-state index contributed by atoms with van der Waals surface area (Å²) < 4.78 is 6.26. The minimum Gasteiger partial charge on any atom is -0.435 e. The average Bonchev–Trinajstić information content (AvgIpc) is 3.54. The summed E-state index contributed by atoms with van der Waals surface area (Å²) in [5.74, 6) is 2.48. The van der Waals surface area contributed by atoms with Crippen LogP contribution in [0.3, 0.4) is 0 Å². The van der Waals surface area contributed by atoms with Crippen molar-refractivity contribution in [2.75, 3.05) is 0 Å².